The van der Waals surface area contributed by atoms with E-state index >= 15 is 0 Å². The maximum Gasteiger partial charge on any atom is 0.472 e. The van der Waals surface area contributed by atoms with Crippen molar-refractivity contribution in [2.45, 2.75) is 251 Å². The number of allylic oxidation sites excluding steroid dienone is 4. The van der Waals surface area contributed by atoms with Gasteiger partial charge in [0.2, 0.25) is 5.91 Å². The van der Waals surface area contributed by atoms with E-state index in [9.17, 15) is 34.1 Å². The average molecular weight is 886 g/mol. The van der Waals surface area contributed by atoms with Crippen molar-refractivity contribution in [2.75, 3.05) is 19.8 Å². The minimum atomic E-state index is -4.76. The van der Waals surface area contributed by atoms with Crippen LogP contribution in [0.1, 0.15) is 239 Å². The third-order valence-electron chi connectivity index (χ3n) is 11.0. The fourth-order valence-corrected chi connectivity index (χ4v) is 7.84. The van der Waals surface area contributed by atoms with Gasteiger partial charge in [-0.1, -0.05) is 186 Å². The van der Waals surface area contributed by atoms with Gasteiger partial charge in [0.25, 0.3) is 0 Å². The lowest BCUT2D eigenvalue weighted by Gasteiger charge is -2.18. The molecular weight excluding hydrogens is 794 g/mol. The fourth-order valence-electron chi connectivity index (χ4n) is 7.07. The smallest absolute Gasteiger partial charge is 0.472 e. The van der Waals surface area contributed by atoms with Gasteiger partial charge in [-0.15, -0.1) is 0 Å². The first-order chi connectivity index (χ1) is 29.6. The molecule has 0 aromatic carbocycles. The molecule has 0 aliphatic carbocycles. The van der Waals surface area contributed by atoms with Crippen molar-refractivity contribution in [3.05, 3.63) is 24.3 Å². The molecule has 0 saturated carbocycles. The van der Waals surface area contributed by atoms with Gasteiger partial charge in [0.1, 0.15) is 12.7 Å². The number of ether oxygens (including phenoxy) is 1. The van der Waals surface area contributed by atoms with E-state index in [2.05, 4.69) is 43.5 Å². The number of aliphatic hydroxyl groups excluding tert-OH is 1. The molecule has 12 heteroatoms. The molecule has 0 radical (unpaired) electrons. The number of hydrogen-bond donors (Lipinski definition) is 4. The quantitative estimate of drug-likeness (QED) is 0.0200. The number of phosphoric ester groups is 1. The Labute approximate surface area is 372 Å². The van der Waals surface area contributed by atoms with Crippen LogP contribution in [0, 0.1) is 0 Å². The highest BCUT2D eigenvalue weighted by Crippen LogP contribution is 2.43. The molecule has 0 saturated heterocycles. The third kappa shape index (κ3) is 44.4. The SMILES string of the molecule is CCCCCCC/C=C\CCCCCCCC(=O)NC(COP(=O)(O)OCC(O)COC(=O)CCCCCCCCCCCCCCC/C=C/CCCCCCCC)C(=O)O. The highest BCUT2D eigenvalue weighted by atomic mass is 31.2. The number of carboxylic acids is 1. The first kappa shape index (κ1) is 59.0. The first-order valence-corrected chi connectivity index (χ1v) is 26.4. The highest BCUT2D eigenvalue weighted by molar-refractivity contribution is 7.47. The Hall–Kier alpha value is -2.04. The summed E-state index contributed by atoms with van der Waals surface area (Å²) in [6.07, 6.45) is 47.8. The number of carbonyl (C=O) groups is 3. The predicted octanol–water partition coefficient (Wildman–Crippen LogP) is 13.4. The van der Waals surface area contributed by atoms with Gasteiger partial charge in [0, 0.05) is 12.8 Å². The van der Waals surface area contributed by atoms with Crippen LogP contribution in [0.5, 0.6) is 0 Å². The summed E-state index contributed by atoms with van der Waals surface area (Å²) in [6, 6.07) is -1.55. The van der Waals surface area contributed by atoms with E-state index in [0.29, 0.717) is 12.8 Å². The average Bonchev–Trinajstić information content (AvgIpc) is 3.24. The summed E-state index contributed by atoms with van der Waals surface area (Å²) in [5.41, 5.74) is 0. The van der Waals surface area contributed by atoms with Crippen LogP contribution in [0.15, 0.2) is 24.3 Å². The van der Waals surface area contributed by atoms with Gasteiger partial charge in [-0.05, 0) is 64.2 Å². The molecule has 0 heterocycles. The summed E-state index contributed by atoms with van der Waals surface area (Å²) in [6.45, 7) is 2.60. The topological polar surface area (TPSA) is 169 Å². The Morgan fingerprint density at radius 3 is 1.25 bits per heavy atom. The molecule has 0 aliphatic rings. The molecule has 0 rings (SSSR count). The minimum absolute atomic E-state index is 0.137. The molecule has 3 unspecified atom stereocenters. The largest absolute Gasteiger partial charge is 0.480 e. The van der Waals surface area contributed by atoms with Gasteiger partial charge in [0.15, 0.2) is 6.04 Å². The van der Waals surface area contributed by atoms with Crippen molar-refractivity contribution in [3.63, 3.8) is 0 Å². The zero-order valence-electron chi connectivity index (χ0n) is 39.0. The molecule has 0 aliphatic heterocycles. The van der Waals surface area contributed by atoms with Crippen LogP contribution in [0.25, 0.3) is 0 Å². The number of carbonyl (C=O) groups excluding carboxylic acids is 2. The molecular formula is C49H92NO10P. The molecule has 4 N–H and O–H groups in total. The zero-order valence-corrected chi connectivity index (χ0v) is 39.9. The Bertz CT molecular complexity index is 1130. The number of esters is 1. The molecule has 11 nitrogen and oxygen atoms in total. The summed E-state index contributed by atoms with van der Waals surface area (Å²) >= 11 is 0. The summed E-state index contributed by atoms with van der Waals surface area (Å²) in [5, 5.41) is 21.9. The second-order valence-corrected chi connectivity index (χ2v) is 18.5. The van der Waals surface area contributed by atoms with Crippen molar-refractivity contribution in [1.82, 2.24) is 5.32 Å². The normalized spacial score (nSPS) is 13.8. The molecule has 0 aromatic rings. The second-order valence-electron chi connectivity index (χ2n) is 17.0. The molecule has 0 spiro atoms. The monoisotopic (exact) mass is 886 g/mol. The van der Waals surface area contributed by atoms with E-state index in [1.165, 1.54) is 141 Å². The summed E-state index contributed by atoms with van der Waals surface area (Å²) in [7, 11) is -4.76. The molecule has 0 fully saturated rings. The number of aliphatic hydroxyl groups is 1. The lowest BCUT2D eigenvalue weighted by molar-refractivity contribution is -0.147. The van der Waals surface area contributed by atoms with Gasteiger partial charge in [-0.3, -0.25) is 18.6 Å². The van der Waals surface area contributed by atoms with Gasteiger partial charge in [0.05, 0.1) is 13.2 Å². The molecule has 3 atom stereocenters. The number of phosphoric acid groups is 1. The second kappa shape index (κ2) is 44.6. The van der Waals surface area contributed by atoms with Gasteiger partial charge < -0.3 is 25.2 Å². The Morgan fingerprint density at radius 1 is 0.508 bits per heavy atom. The van der Waals surface area contributed by atoms with Crippen molar-refractivity contribution in [3.8, 4) is 0 Å². The lowest BCUT2D eigenvalue weighted by Crippen LogP contribution is -2.43. The van der Waals surface area contributed by atoms with Crippen LogP contribution in [0.3, 0.4) is 0 Å². The number of aliphatic carboxylic acids is 1. The van der Waals surface area contributed by atoms with Crippen LogP contribution >= 0.6 is 7.82 Å². The van der Waals surface area contributed by atoms with Gasteiger partial charge in [-0.25, -0.2) is 9.36 Å². The summed E-state index contributed by atoms with van der Waals surface area (Å²) in [4.78, 5) is 46.0. The predicted molar refractivity (Wildman–Crippen MR) is 249 cm³/mol. The van der Waals surface area contributed by atoms with Crippen LogP contribution in [-0.4, -0.2) is 64.9 Å². The van der Waals surface area contributed by atoms with E-state index in [-0.39, 0.29) is 12.8 Å². The standard InChI is InChI=1S/C49H92NO10P/c1-3-5-7-9-11-13-15-17-19-20-21-22-23-24-25-26-27-29-31-33-35-37-39-41-48(53)58-42-45(51)43-59-61(56,57)60-44-46(49(54)55)50-47(52)40-38-36-34-32-30-28-18-16-14-12-10-8-6-4-2/h16-19,45-46,51H,3-15,20-44H2,1-2H3,(H,50,52)(H,54,55)(H,56,57)/b18-16-,19-17+. The summed E-state index contributed by atoms with van der Waals surface area (Å²) in [5.74, 6) is -2.37. The Kier molecular flexibility index (Phi) is 43.1. The molecule has 358 valence electrons. The van der Waals surface area contributed by atoms with E-state index in [1.54, 1.807) is 0 Å². The van der Waals surface area contributed by atoms with Crippen LogP contribution < -0.4 is 5.32 Å². The van der Waals surface area contributed by atoms with Crippen molar-refractivity contribution in [2.24, 2.45) is 0 Å². The maximum atomic E-state index is 12.3. The van der Waals surface area contributed by atoms with Crippen LogP contribution in [0.4, 0.5) is 0 Å². The Balaban J connectivity index is 3.79. The number of hydrogen-bond acceptors (Lipinski definition) is 8. The number of carboxylic acid groups (broad SMARTS) is 1. The van der Waals surface area contributed by atoms with Crippen molar-refractivity contribution in [1.29, 1.82) is 0 Å². The van der Waals surface area contributed by atoms with E-state index in [1.807, 2.05) is 0 Å². The lowest BCUT2D eigenvalue weighted by atomic mass is 10.0. The molecule has 0 bridgehead atoms. The molecule has 1 amide bonds. The number of nitrogens with one attached hydrogen (secondary N) is 1. The van der Waals surface area contributed by atoms with Crippen molar-refractivity contribution < 1.29 is 47.8 Å². The Morgan fingerprint density at radius 2 is 0.852 bits per heavy atom. The van der Waals surface area contributed by atoms with E-state index in [4.69, 9.17) is 13.8 Å². The third-order valence-corrected chi connectivity index (χ3v) is 11.9. The zero-order chi connectivity index (χ0) is 44.9. The highest BCUT2D eigenvalue weighted by Gasteiger charge is 2.28. The van der Waals surface area contributed by atoms with Gasteiger partial charge >= 0.3 is 19.8 Å². The van der Waals surface area contributed by atoms with Gasteiger partial charge in [-0.2, -0.15) is 0 Å². The minimum Gasteiger partial charge on any atom is -0.480 e. The molecule has 0 aromatic heterocycles. The fraction of sp³-hybridized carbons (Fsp3) is 0.857. The van der Waals surface area contributed by atoms with Crippen molar-refractivity contribution >= 4 is 25.7 Å². The maximum absolute atomic E-state index is 12.3. The number of rotatable bonds is 47. The number of unbranched alkanes of at least 4 members (excludes halogenated alkanes) is 29. The van der Waals surface area contributed by atoms with E-state index < -0.39 is 57.6 Å². The molecule has 61 heavy (non-hydrogen) atoms. The first-order valence-electron chi connectivity index (χ1n) is 24.9. The van der Waals surface area contributed by atoms with Crippen LogP contribution in [0.2, 0.25) is 0 Å². The number of amides is 1. The van der Waals surface area contributed by atoms with Crippen LogP contribution in [-0.2, 0) is 32.7 Å². The van der Waals surface area contributed by atoms with E-state index in [0.717, 1.165) is 57.8 Å². The summed E-state index contributed by atoms with van der Waals surface area (Å²) < 4.78 is 26.9.